The fourth-order valence-corrected chi connectivity index (χ4v) is 6.25. The summed E-state index contributed by atoms with van der Waals surface area (Å²) in [6, 6.07) is 0. The predicted octanol–water partition coefficient (Wildman–Crippen LogP) is 7.64. The summed E-state index contributed by atoms with van der Waals surface area (Å²) in [7, 11) is 0. The maximum atomic E-state index is 10.0. The minimum absolute atomic E-state index is 0.182. The Morgan fingerprint density at radius 3 is 2.52 bits per heavy atom. The van der Waals surface area contributed by atoms with E-state index in [-0.39, 0.29) is 6.10 Å². The van der Waals surface area contributed by atoms with Crippen LogP contribution in [0.15, 0.2) is 47.6 Å². The first-order chi connectivity index (χ1) is 13.7. The zero-order chi connectivity index (χ0) is 21.2. The molecule has 0 heterocycles. The van der Waals surface area contributed by atoms with Gasteiger partial charge < -0.3 is 5.11 Å². The lowest BCUT2D eigenvalue weighted by Crippen LogP contribution is -2.35. The zero-order valence-corrected chi connectivity index (χ0v) is 19.6. The van der Waals surface area contributed by atoms with Crippen LogP contribution in [-0.2, 0) is 0 Å². The number of rotatable bonds is 5. The predicted molar refractivity (Wildman–Crippen MR) is 126 cm³/mol. The van der Waals surface area contributed by atoms with Crippen LogP contribution in [0.1, 0.15) is 86.0 Å². The molecule has 3 aliphatic carbocycles. The summed E-state index contributed by atoms with van der Waals surface area (Å²) in [5, 5.41) is 10.0. The van der Waals surface area contributed by atoms with E-state index in [0.29, 0.717) is 17.3 Å². The van der Waals surface area contributed by atoms with Crippen molar-refractivity contribution < 1.29 is 5.11 Å². The third-order valence-electron chi connectivity index (χ3n) is 8.63. The Morgan fingerprint density at radius 2 is 1.79 bits per heavy atom. The summed E-state index contributed by atoms with van der Waals surface area (Å²) >= 11 is 0. The molecule has 29 heavy (non-hydrogen) atoms. The van der Waals surface area contributed by atoms with E-state index in [9.17, 15) is 5.11 Å². The van der Waals surface area contributed by atoms with Gasteiger partial charge in [0.05, 0.1) is 6.10 Å². The third-order valence-corrected chi connectivity index (χ3v) is 8.63. The summed E-state index contributed by atoms with van der Waals surface area (Å²) < 4.78 is 0. The Labute approximate surface area is 180 Å². The largest absolute Gasteiger partial charge is 0.393 e. The van der Waals surface area contributed by atoms with Crippen LogP contribution < -0.4 is 0 Å². The molecule has 1 nitrogen and oxygen atoms in total. The average molecular weight is 397 g/mol. The molecule has 0 spiro atoms. The number of fused-ring (bicyclic) bond motifs is 1. The van der Waals surface area contributed by atoms with Crippen molar-refractivity contribution in [2.45, 2.75) is 92.1 Å². The van der Waals surface area contributed by atoms with Gasteiger partial charge in [-0.3, -0.25) is 0 Å². The van der Waals surface area contributed by atoms with Crippen LogP contribution in [0.4, 0.5) is 0 Å². The second-order valence-corrected chi connectivity index (χ2v) is 10.9. The molecule has 6 atom stereocenters. The second kappa shape index (κ2) is 9.38. The summed E-state index contributed by atoms with van der Waals surface area (Å²) in [6.45, 7) is 16.3. The first kappa shape index (κ1) is 22.6. The molecule has 0 amide bonds. The van der Waals surface area contributed by atoms with Gasteiger partial charge in [0.25, 0.3) is 0 Å². The summed E-state index contributed by atoms with van der Waals surface area (Å²) in [4.78, 5) is 0. The molecule has 0 aliphatic heterocycles. The van der Waals surface area contributed by atoms with Crippen LogP contribution in [0.2, 0.25) is 0 Å². The zero-order valence-electron chi connectivity index (χ0n) is 19.6. The molecule has 1 heteroatoms. The van der Waals surface area contributed by atoms with Gasteiger partial charge in [-0.15, -0.1) is 0 Å². The molecule has 0 radical (unpaired) electrons. The van der Waals surface area contributed by atoms with Gasteiger partial charge in [-0.1, -0.05) is 76.6 Å². The van der Waals surface area contributed by atoms with Crippen LogP contribution in [0.5, 0.6) is 0 Å². The van der Waals surface area contributed by atoms with Gasteiger partial charge in [0.15, 0.2) is 0 Å². The maximum Gasteiger partial charge on any atom is 0.0583 e. The van der Waals surface area contributed by atoms with Crippen molar-refractivity contribution in [2.75, 3.05) is 0 Å². The fourth-order valence-electron chi connectivity index (χ4n) is 6.25. The van der Waals surface area contributed by atoms with Gasteiger partial charge in [0.1, 0.15) is 0 Å². The van der Waals surface area contributed by atoms with Gasteiger partial charge in [0, 0.05) is 0 Å². The average Bonchev–Trinajstić information content (AvgIpc) is 3.04. The molecule has 0 saturated heterocycles. The molecule has 0 bridgehead atoms. The van der Waals surface area contributed by atoms with Gasteiger partial charge in [-0.25, -0.2) is 0 Å². The number of allylic oxidation sites excluding steroid dienone is 6. The summed E-state index contributed by atoms with van der Waals surface area (Å²) in [5.41, 5.74) is 4.61. The van der Waals surface area contributed by atoms with Crippen molar-refractivity contribution in [2.24, 2.45) is 35.0 Å². The first-order valence-electron chi connectivity index (χ1n) is 12.2. The smallest absolute Gasteiger partial charge is 0.0583 e. The van der Waals surface area contributed by atoms with Gasteiger partial charge in [-0.05, 0) is 91.9 Å². The van der Waals surface area contributed by atoms with E-state index in [1.165, 1.54) is 43.3 Å². The lowest BCUT2D eigenvalue weighted by molar-refractivity contribution is 0.112. The second-order valence-electron chi connectivity index (χ2n) is 10.9. The summed E-state index contributed by atoms with van der Waals surface area (Å²) in [6.07, 6.45) is 18.8. The molecule has 3 fully saturated rings. The normalized spacial score (nSPS) is 38.2. The Balaban J connectivity index is 1.75. The van der Waals surface area contributed by atoms with Crippen molar-refractivity contribution in [1.29, 1.82) is 0 Å². The quantitative estimate of drug-likeness (QED) is 0.473. The third kappa shape index (κ3) is 4.98. The molecule has 1 N–H and O–H groups in total. The molecule has 3 aliphatic rings. The van der Waals surface area contributed by atoms with Crippen LogP contribution in [0.25, 0.3) is 0 Å². The van der Waals surface area contributed by atoms with Crippen molar-refractivity contribution in [3.8, 4) is 0 Å². The van der Waals surface area contributed by atoms with E-state index in [1.807, 2.05) is 0 Å². The number of aliphatic hydroxyl groups is 1. The van der Waals surface area contributed by atoms with E-state index >= 15 is 0 Å². The highest BCUT2D eigenvalue weighted by atomic mass is 16.3. The molecule has 3 saturated carbocycles. The van der Waals surface area contributed by atoms with E-state index < -0.39 is 0 Å². The Hall–Kier alpha value is -1.08. The van der Waals surface area contributed by atoms with Crippen LogP contribution in [0.3, 0.4) is 0 Å². The highest BCUT2D eigenvalue weighted by Crippen LogP contribution is 2.59. The van der Waals surface area contributed by atoms with Gasteiger partial charge >= 0.3 is 0 Å². The lowest BCUT2D eigenvalue weighted by Gasteiger charge is -2.44. The van der Waals surface area contributed by atoms with Crippen molar-refractivity contribution >= 4 is 0 Å². The van der Waals surface area contributed by atoms with Crippen LogP contribution in [0, 0.1) is 35.0 Å². The molecule has 3 rings (SSSR count). The fraction of sp³-hybridized carbons (Fsp3) is 0.714. The highest BCUT2D eigenvalue weighted by Gasteiger charge is 2.50. The van der Waals surface area contributed by atoms with Crippen molar-refractivity contribution in [3.05, 3.63) is 47.6 Å². The molecule has 0 aromatic carbocycles. The molecule has 0 unspecified atom stereocenters. The topological polar surface area (TPSA) is 20.2 Å². The van der Waals surface area contributed by atoms with E-state index in [4.69, 9.17) is 0 Å². The first-order valence-corrected chi connectivity index (χ1v) is 12.2. The Kier molecular flexibility index (Phi) is 7.31. The van der Waals surface area contributed by atoms with E-state index in [1.54, 1.807) is 5.57 Å². The lowest BCUT2D eigenvalue weighted by atomic mass is 9.61. The maximum absolute atomic E-state index is 10.0. The minimum atomic E-state index is -0.182. The van der Waals surface area contributed by atoms with E-state index in [2.05, 4.69) is 65.5 Å². The van der Waals surface area contributed by atoms with Gasteiger partial charge in [0.2, 0.25) is 0 Å². The standard InChI is InChI=1S/C28H44O/c1-19(2)20(3)9-10-22(5)26-15-16-27-23(8-7-17-28(26,27)6)12-13-24-18-25(29)14-11-21(24)4/h9-10,12-13,19-20,22,25-27,29H,4,7-8,11,14-18H2,1-3,5-6H3/b10-9?,23-12?,24-13-/t20-,22+,25-,26+,27-,28+/m0/s1. The van der Waals surface area contributed by atoms with Crippen LogP contribution >= 0.6 is 0 Å². The highest BCUT2D eigenvalue weighted by molar-refractivity contribution is 5.36. The molecule has 0 aromatic heterocycles. The molecular formula is C28H44O. The minimum Gasteiger partial charge on any atom is -0.393 e. The molecule has 162 valence electrons. The Bertz CT molecular complexity index is 678. The van der Waals surface area contributed by atoms with Gasteiger partial charge in [-0.2, -0.15) is 0 Å². The van der Waals surface area contributed by atoms with E-state index in [0.717, 1.165) is 37.0 Å². The summed E-state index contributed by atoms with van der Waals surface area (Å²) in [5.74, 6) is 3.58. The number of hydrogen-bond acceptors (Lipinski definition) is 1. The SMILES string of the molecule is C=C1CC[C@H](O)C/C1=C/C=C1CCC[C@]2(C)[C@@H]([C@H](C)C=C[C@H](C)C(C)C)CC[C@@H]12. The monoisotopic (exact) mass is 396 g/mol. The number of hydrogen-bond donors (Lipinski definition) is 1. The Morgan fingerprint density at radius 1 is 1.03 bits per heavy atom. The molecule has 0 aromatic rings. The van der Waals surface area contributed by atoms with Crippen molar-refractivity contribution in [3.63, 3.8) is 0 Å². The number of aliphatic hydroxyl groups excluding tert-OH is 1. The van der Waals surface area contributed by atoms with Crippen molar-refractivity contribution in [1.82, 2.24) is 0 Å². The molecular weight excluding hydrogens is 352 g/mol. The van der Waals surface area contributed by atoms with Crippen LogP contribution in [-0.4, -0.2) is 11.2 Å².